The topological polar surface area (TPSA) is 64.6 Å². The molecule has 0 amide bonds. The van der Waals surface area contributed by atoms with Crippen molar-refractivity contribution in [1.82, 2.24) is 10.3 Å². The second kappa shape index (κ2) is 8.54. The fourth-order valence-electron chi connectivity index (χ4n) is 2.18. The maximum absolute atomic E-state index is 5.31. The van der Waals surface area contributed by atoms with E-state index in [2.05, 4.69) is 10.5 Å². The van der Waals surface area contributed by atoms with E-state index in [4.69, 9.17) is 31.2 Å². The lowest BCUT2D eigenvalue weighted by molar-refractivity contribution is 0.0677. The molecule has 8 heteroatoms. The Morgan fingerprint density at radius 3 is 2.30 bits per heavy atom. The monoisotopic (exact) mass is 339 g/mol. The van der Waals surface area contributed by atoms with Gasteiger partial charge in [-0.3, -0.25) is 5.43 Å². The van der Waals surface area contributed by atoms with Gasteiger partial charge in [-0.25, -0.2) is 0 Å². The number of ether oxygens (including phenoxy) is 4. The van der Waals surface area contributed by atoms with Crippen molar-refractivity contribution in [2.75, 3.05) is 47.6 Å². The fourth-order valence-corrected chi connectivity index (χ4v) is 2.41. The van der Waals surface area contributed by atoms with Crippen molar-refractivity contribution in [2.24, 2.45) is 5.10 Å². The number of rotatable bonds is 5. The number of hydrogen-bond acceptors (Lipinski definition) is 6. The maximum Gasteiger partial charge on any atom is 0.203 e. The van der Waals surface area contributed by atoms with E-state index < -0.39 is 0 Å². The van der Waals surface area contributed by atoms with E-state index in [1.54, 1.807) is 27.5 Å². The summed E-state index contributed by atoms with van der Waals surface area (Å²) in [7, 11) is 4.71. The van der Waals surface area contributed by atoms with E-state index in [-0.39, 0.29) is 0 Å². The standard InChI is InChI=1S/C15H21N3O4S/c1-19-12-8-11(9-13(20-2)14(12)21-3)10-16-17-15(23)18-4-6-22-7-5-18/h8-10H,4-7H2,1-3H3,(H,17,23). The average Bonchev–Trinajstić information content (AvgIpc) is 2.61. The van der Waals surface area contributed by atoms with Gasteiger partial charge in [-0.05, 0) is 24.4 Å². The molecular weight excluding hydrogens is 318 g/mol. The Kier molecular flexibility index (Phi) is 6.42. The summed E-state index contributed by atoms with van der Waals surface area (Å²) in [5, 5.41) is 4.75. The van der Waals surface area contributed by atoms with Gasteiger partial charge in [0.05, 0.1) is 40.8 Å². The fraction of sp³-hybridized carbons (Fsp3) is 0.467. The van der Waals surface area contributed by atoms with Crippen LogP contribution in [-0.2, 0) is 4.74 Å². The predicted octanol–water partition coefficient (Wildman–Crippen LogP) is 1.25. The molecule has 0 spiro atoms. The molecule has 1 aliphatic rings. The van der Waals surface area contributed by atoms with Gasteiger partial charge in [0, 0.05) is 18.7 Å². The van der Waals surface area contributed by atoms with Crippen LogP contribution < -0.4 is 19.6 Å². The van der Waals surface area contributed by atoms with Crippen molar-refractivity contribution in [3.05, 3.63) is 17.7 Å². The Bertz CT molecular complexity index is 549. The number of nitrogens with zero attached hydrogens (tertiary/aromatic N) is 2. The molecule has 7 nitrogen and oxygen atoms in total. The molecule has 0 saturated carbocycles. The summed E-state index contributed by atoms with van der Waals surface area (Å²) >= 11 is 5.30. The first-order valence-corrected chi connectivity index (χ1v) is 7.56. The zero-order valence-corrected chi connectivity index (χ0v) is 14.3. The highest BCUT2D eigenvalue weighted by Crippen LogP contribution is 2.37. The number of nitrogens with one attached hydrogen (secondary N) is 1. The smallest absolute Gasteiger partial charge is 0.203 e. The molecule has 0 unspecified atom stereocenters. The third kappa shape index (κ3) is 4.46. The van der Waals surface area contributed by atoms with E-state index in [0.29, 0.717) is 35.6 Å². The van der Waals surface area contributed by atoms with Crippen LogP contribution in [0.3, 0.4) is 0 Å². The number of morpholine rings is 1. The molecule has 0 aromatic heterocycles. The molecule has 1 fully saturated rings. The van der Waals surface area contributed by atoms with Crippen molar-refractivity contribution in [3.63, 3.8) is 0 Å². The molecule has 1 heterocycles. The highest BCUT2D eigenvalue weighted by Gasteiger charge is 2.14. The molecular formula is C15H21N3O4S. The largest absolute Gasteiger partial charge is 0.493 e. The lowest BCUT2D eigenvalue weighted by Crippen LogP contribution is -2.44. The van der Waals surface area contributed by atoms with Crippen LogP contribution in [0.5, 0.6) is 17.2 Å². The second-order valence-corrected chi connectivity index (χ2v) is 5.12. The summed E-state index contributed by atoms with van der Waals surface area (Å²) in [6, 6.07) is 3.62. The number of hydrazone groups is 1. The Hall–Kier alpha value is -2.06. The lowest BCUT2D eigenvalue weighted by atomic mass is 10.2. The average molecular weight is 339 g/mol. The number of methoxy groups -OCH3 is 3. The molecule has 1 saturated heterocycles. The normalized spacial score (nSPS) is 14.7. The third-order valence-corrected chi connectivity index (χ3v) is 3.71. The first-order valence-electron chi connectivity index (χ1n) is 7.15. The Labute approximate surface area is 141 Å². The van der Waals surface area contributed by atoms with Gasteiger partial charge < -0.3 is 23.8 Å². The summed E-state index contributed by atoms with van der Waals surface area (Å²) in [5.74, 6) is 1.69. The molecule has 0 radical (unpaired) electrons. The number of thiocarbonyl (C=S) groups is 1. The maximum atomic E-state index is 5.31. The Balaban J connectivity index is 2.05. The zero-order valence-electron chi connectivity index (χ0n) is 13.5. The van der Waals surface area contributed by atoms with Crippen LogP contribution in [0.15, 0.2) is 17.2 Å². The quantitative estimate of drug-likeness (QED) is 0.492. The lowest BCUT2D eigenvalue weighted by Gasteiger charge is -2.28. The van der Waals surface area contributed by atoms with Gasteiger partial charge >= 0.3 is 0 Å². The molecule has 0 aliphatic carbocycles. The van der Waals surface area contributed by atoms with E-state index in [1.807, 2.05) is 17.0 Å². The van der Waals surface area contributed by atoms with Gasteiger partial charge in [0.15, 0.2) is 16.6 Å². The molecule has 0 atom stereocenters. The van der Waals surface area contributed by atoms with Crippen LogP contribution in [0, 0.1) is 0 Å². The molecule has 1 aromatic carbocycles. The number of hydrogen-bond donors (Lipinski definition) is 1. The first kappa shape index (κ1) is 17.3. The van der Waals surface area contributed by atoms with Crippen LogP contribution in [0.2, 0.25) is 0 Å². The van der Waals surface area contributed by atoms with E-state index >= 15 is 0 Å². The third-order valence-electron chi connectivity index (χ3n) is 3.36. The van der Waals surface area contributed by atoms with Crippen molar-refractivity contribution in [3.8, 4) is 17.2 Å². The van der Waals surface area contributed by atoms with Crippen LogP contribution >= 0.6 is 12.2 Å². The van der Waals surface area contributed by atoms with E-state index in [1.165, 1.54) is 0 Å². The van der Waals surface area contributed by atoms with Gasteiger partial charge in [0.2, 0.25) is 5.75 Å². The van der Waals surface area contributed by atoms with Crippen LogP contribution in [0.4, 0.5) is 0 Å². The molecule has 23 heavy (non-hydrogen) atoms. The highest BCUT2D eigenvalue weighted by atomic mass is 32.1. The van der Waals surface area contributed by atoms with Crippen LogP contribution in [-0.4, -0.2) is 63.9 Å². The minimum atomic E-state index is 0.545. The van der Waals surface area contributed by atoms with Gasteiger partial charge in [0.1, 0.15) is 0 Å². The van der Waals surface area contributed by atoms with Gasteiger partial charge in [-0.15, -0.1) is 0 Å². The summed E-state index contributed by atoms with van der Waals surface area (Å²) < 4.78 is 21.2. The van der Waals surface area contributed by atoms with E-state index in [0.717, 1.165) is 18.7 Å². The van der Waals surface area contributed by atoms with Crippen molar-refractivity contribution >= 4 is 23.5 Å². The summed E-state index contributed by atoms with van der Waals surface area (Å²) in [4.78, 5) is 2.02. The van der Waals surface area contributed by atoms with Crippen LogP contribution in [0.1, 0.15) is 5.56 Å². The second-order valence-electron chi connectivity index (χ2n) is 4.73. The molecule has 1 aromatic rings. The van der Waals surface area contributed by atoms with Gasteiger partial charge in [-0.1, -0.05) is 0 Å². The molecule has 1 N–H and O–H groups in total. The van der Waals surface area contributed by atoms with Crippen molar-refractivity contribution < 1.29 is 18.9 Å². The summed E-state index contributed by atoms with van der Waals surface area (Å²) in [5.41, 5.74) is 3.67. The molecule has 1 aliphatic heterocycles. The summed E-state index contributed by atoms with van der Waals surface area (Å²) in [6.45, 7) is 2.90. The predicted molar refractivity (Wildman–Crippen MR) is 91.8 cm³/mol. The zero-order chi connectivity index (χ0) is 16.7. The van der Waals surface area contributed by atoms with Crippen LogP contribution in [0.25, 0.3) is 0 Å². The molecule has 2 rings (SSSR count). The van der Waals surface area contributed by atoms with Crippen molar-refractivity contribution in [1.29, 1.82) is 0 Å². The Morgan fingerprint density at radius 2 is 1.78 bits per heavy atom. The summed E-state index contributed by atoms with van der Waals surface area (Å²) in [6.07, 6.45) is 1.65. The van der Waals surface area contributed by atoms with Gasteiger partial charge in [-0.2, -0.15) is 5.10 Å². The Morgan fingerprint density at radius 1 is 1.17 bits per heavy atom. The molecule has 0 bridgehead atoms. The highest BCUT2D eigenvalue weighted by molar-refractivity contribution is 7.80. The number of benzene rings is 1. The van der Waals surface area contributed by atoms with Crippen molar-refractivity contribution in [2.45, 2.75) is 0 Å². The van der Waals surface area contributed by atoms with Gasteiger partial charge in [0.25, 0.3) is 0 Å². The first-order chi connectivity index (χ1) is 11.2. The van der Waals surface area contributed by atoms with E-state index in [9.17, 15) is 0 Å². The minimum Gasteiger partial charge on any atom is -0.493 e. The molecule has 126 valence electrons. The minimum absolute atomic E-state index is 0.545. The SMILES string of the molecule is COc1cc(C=NNC(=S)N2CCOCC2)cc(OC)c1OC.